The lowest BCUT2D eigenvalue weighted by Gasteiger charge is -2.05. The van der Waals surface area contributed by atoms with E-state index in [0.717, 1.165) is 0 Å². The molecule has 0 fully saturated rings. The highest BCUT2D eigenvalue weighted by molar-refractivity contribution is 9.10. The van der Waals surface area contributed by atoms with E-state index in [1.165, 1.54) is 6.92 Å². The van der Waals surface area contributed by atoms with Gasteiger partial charge in [0, 0.05) is 0 Å². The number of hydrogen-bond donors (Lipinski definition) is 0. The molecule has 0 spiro atoms. The van der Waals surface area contributed by atoms with Gasteiger partial charge in [0.2, 0.25) is 0 Å². The van der Waals surface area contributed by atoms with E-state index in [4.69, 9.17) is 0 Å². The zero-order chi connectivity index (χ0) is 13.2. The zero-order valence-electron chi connectivity index (χ0n) is 8.52. The first-order chi connectivity index (χ1) is 7.90. The Bertz CT molecular complexity index is 488. The van der Waals surface area contributed by atoms with Crippen molar-refractivity contribution in [1.29, 1.82) is 0 Å². The molecule has 0 saturated heterocycles. The van der Waals surface area contributed by atoms with Gasteiger partial charge in [0.15, 0.2) is 11.6 Å². The first-order valence-corrected chi connectivity index (χ1v) is 5.23. The van der Waals surface area contributed by atoms with Gasteiger partial charge in [-0.1, -0.05) is 0 Å². The number of carbonyl (C=O) groups is 2. The lowest BCUT2D eigenvalue weighted by atomic mass is 10.1. The number of ketones is 1. The highest BCUT2D eigenvalue weighted by atomic mass is 79.9. The van der Waals surface area contributed by atoms with Gasteiger partial charge < -0.3 is 4.74 Å². The van der Waals surface area contributed by atoms with Crippen molar-refractivity contribution in [1.82, 2.24) is 0 Å². The molecule has 7 heteroatoms. The Hall–Kier alpha value is -1.37. The highest BCUT2D eigenvalue weighted by Crippen LogP contribution is 2.25. The average Bonchev–Trinajstić information content (AvgIpc) is 2.30. The molecule has 0 bridgehead atoms. The largest absolute Gasteiger partial charge is 0.460 e. The van der Waals surface area contributed by atoms with E-state index in [-0.39, 0.29) is 6.61 Å². The summed E-state index contributed by atoms with van der Waals surface area (Å²) in [6.07, 6.45) is 0. The fraction of sp³-hybridized carbons (Fsp3) is 0.200. The van der Waals surface area contributed by atoms with Crippen LogP contribution in [0.5, 0.6) is 0 Å². The zero-order valence-corrected chi connectivity index (χ0v) is 10.1. The summed E-state index contributed by atoms with van der Waals surface area (Å²) in [6.45, 7) is 1.33. The third-order valence-electron chi connectivity index (χ3n) is 1.81. The molecule has 0 radical (unpaired) electrons. The maximum atomic E-state index is 13.3. The Morgan fingerprint density at radius 1 is 1.29 bits per heavy atom. The van der Waals surface area contributed by atoms with Crippen LogP contribution < -0.4 is 0 Å². The Balaban J connectivity index is 3.24. The molecule has 0 amide bonds. The first-order valence-electron chi connectivity index (χ1n) is 4.44. The predicted octanol–water partition coefficient (Wildman–Crippen LogP) is 2.61. The van der Waals surface area contributed by atoms with Gasteiger partial charge in [-0.2, -0.15) is 0 Å². The van der Waals surface area contributed by atoms with Crippen LogP contribution in [0.2, 0.25) is 0 Å². The van der Waals surface area contributed by atoms with Crippen LogP contribution in [0, 0.1) is 17.5 Å². The van der Waals surface area contributed by atoms with Gasteiger partial charge in [-0.3, -0.25) is 4.79 Å². The first kappa shape index (κ1) is 13.7. The topological polar surface area (TPSA) is 43.4 Å². The van der Waals surface area contributed by atoms with Crippen molar-refractivity contribution in [3.05, 3.63) is 33.6 Å². The van der Waals surface area contributed by atoms with Crippen LogP contribution in [-0.2, 0) is 9.53 Å². The molecule has 1 aromatic rings. The van der Waals surface area contributed by atoms with Gasteiger partial charge in [-0.25, -0.2) is 18.0 Å². The number of carbonyl (C=O) groups excluding carboxylic acids is 2. The van der Waals surface area contributed by atoms with Crippen LogP contribution in [0.4, 0.5) is 13.2 Å². The van der Waals surface area contributed by atoms with Crippen LogP contribution in [-0.4, -0.2) is 18.4 Å². The Labute approximate surface area is 103 Å². The van der Waals surface area contributed by atoms with E-state index in [9.17, 15) is 22.8 Å². The minimum atomic E-state index is -1.60. The summed E-state index contributed by atoms with van der Waals surface area (Å²) in [6, 6.07) is 0.432. The molecule has 17 heavy (non-hydrogen) atoms. The van der Waals surface area contributed by atoms with Crippen molar-refractivity contribution < 1.29 is 27.5 Å². The third-order valence-corrected chi connectivity index (χ3v) is 2.53. The number of halogens is 4. The maximum absolute atomic E-state index is 13.3. The second-order valence-electron chi connectivity index (χ2n) is 2.90. The molecule has 0 unspecified atom stereocenters. The minimum absolute atomic E-state index is 0.103. The van der Waals surface area contributed by atoms with E-state index in [0.29, 0.717) is 6.07 Å². The van der Waals surface area contributed by atoms with Gasteiger partial charge >= 0.3 is 5.97 Å². The fourth-order valence-corrected chi connectivity index (χ4v) is 1.33. The van der Waals surface area contributed by atoms with Crippen LogP contribution in [0.3, 0.4) is 0 Å². The molecule has 0 heterocycles. The van der Waals surface area contributed by atoms with E-state index >= 15 is 0 Å². The Kier molecular flexibility index (Phi) is 4.28. The molecule has 0 atom stereocenters. The second-order valence-corrected chi connectivity index (χ2v) is 3.69. The summed E-state index contributed by atoms with van der Waals surface area (Å²) in [4.78, 5) is 22.3. The maximum Gasteiger partial charge on any atom is 0.379 e. The summed E-state index contributed by atoms with van der Waals surface area (Å²) in [5.41, 5.74) is -0.998. The van der Waals surface area contributed by atoms with Gasteiger partial charge in [0.25, 0.3) is 5.78 Å². The van der Waals surface area contributed by atoms with E-state index in [1.54, 1.807) is 0 Å². The standard InChI is InChI=1S/C10H6BrF3O3/c1-2-17-10(16)9(15)4-3-5(12)6(11)8(14)7(4)13/h3H,2H2,1H3. The lowest BCUT2D eigenvalue weighted by molar-refractivity contribution is -0.137. The fourth-order valence-electron chi connectivity index (χ4n) is 1.04. The monoisotopic (exact) mass is 310 g/mol. The van der Waals surface area contributed by atoms with Crippen molar-refractivity contribution in [2.24, 2.45) is 0 Å². The Morgan fingerprint density at radius 2 is 1.88 bits per heavy atom. The van der Waals surface area contributed by atoms with Crippen LogP contribution in [0.1, 0.15) is 17.3 Å². The molecule has 0 saturated carbocycles. The molecular weight excluding hydrogens is 305 g/mol. The Morgan fingerprint density at radius 3 is 2.41 bits per heavy atom. The van der Waals surface area contributed by atoms with Crippen molar-refractivity contribution >= 4 is 27.7 Å². The summed E-state index contributed by atoms with van der Waals surface area (Å²) in [5.74, 6) is -7.16. The van der Waals surface area contributed by atoms with E-state index in [1.807, 2.05) is 0 Å². The van der Waals surface area contributed by atoms with E-state index in [2.05, 4.69) is 20.7 Å². The van der Waals surface area contributed by atoms with Gasteiger partial charge in [-0.15, -0.1) is 0 Å². The molecule has 0 aromatic heterocycles. The van der Waals surface area contributed by atoms with Crippen molar-refractivity contribution in [3.63, 3.8) is 0 Å². The molecule has 0 aliphatic heterocycles. The summed E-state index contributed by atoms with van der Waals surface area (Å²) in [5, 5.41) is 0. The number of benzene rings is 1. The average molecular weight is 311 g/mol. The summed E-state index contributed by atoms with van der Waals surface area (Å²) >= 11 is 2.46. The van der Waals surface area contributed by atoms with Crippen LogP contribution >= 0.6 is 15.9 Å². The third kappa shape index (κ3) is 2.66. The smallest absolute Gasteiger partial charge is 0.379 e. The molecule has 92 valence electrons. The van der Waals surface area contributed by atoms with Gasteiger partial charge in [-0.05, 0) is 28.9 Å². The minimum Gasteiger partial charge on any atom is -0.460 e. The lowest BCUT2D eigenvalue weighted by Crippen LogP contribution is -2.19. The van der Waals surface area contributed by atoms with Crippen molar-refractivity contribution in [2.75, 3.05) is 6.61 Å². The quantitative estimate of drug-likeness (QED) is 0.283. The van der Waals surface area contributed by atoms with Crippen molar-refractivity contribution in [3.8, 4) is 0 Å². The molecular formula is C10H6BrF3O3. The second kappa shape index (κ2) is 5.31. The van der Waals surface area contributed by atoms with Gasteiger partial charge in [0.05, 0.1) is 16.6 Å². The number of esters is 1. The summed E-state index contributed by atoms with van der Waals surface area (Å²) in [7, 11) is 0. The SMILES string of the molecule is CCOC(=O)C(=O)c1cc(F)c(Br)c(F)c1F. The number of Topliss-reactive ketones (excluding diaryl/α,β-unsaturated/α-hetero) is 1. The molecule has 1 aromatic carbocycles. The summed E-state index contributed by atoms with van der Waals surface area (Å²) < 4.78 is 43.0. The highest BCUT2D eigenvalue weighted by Gasteiger charge is 2.26. The van der Waals surface area contributed by atoms with E-state index < -0.39 is 39.2 Å². The predicted molar refractivity (Wildman–Crippen MR) is 55.0 cm³/mol. The molecule has 3 nitrogen and oxygen atoms in total. The van der Waals surface area contributed by atoms with Gasteiger partial charge in [0.1, 0.15) is 5.82 Å². The molecule has 0 aliphatic carbocycles. The number of ether oxygens (including phenoxy) is 1. The molecule has 1 rings (SSSR count). The van der Waals surface area contributed by atoms with Crippen LogP contribution in [0.15, 0.2) is 10.5 Å². The normalized spacial score (nSPS) is 10.2. The molecule has 0 aliphatic rings. The number of hydrogen-bond acceptors (Lipinski definition) is 3. The van der Waals surface area contributed by atoms with Crippen LogP contribution in [0.25, 0.3) is 0 Å². The van der Waals surface area contributed by atoms with Crippen molar-refractivity contribution in [2.45, 2.75) is 6.92 Å². The molecule has 0 N–H and O–H groups in total. The number of rotatable bonds is 3.